The number of nitrogens with zero attached hydrogens (tertiary/aromatic N) is 4. The molecule has 3 fully saturated rings. The molecular formula is C32H43FN4O2S. The van der Waals surface area contributed by atoms with Crippen molar-refractivity contribution in [3.05, 3.63) is 47.8 Å². The molecule has 0 N–H and O–H groups in total. The zero-order valence-electron chi connectivity index (χ0n) is 24.3. The topological polar surface area (TPSA) is 58.4 Å². The van der Waals surface area contributed by atoms with Gasteiger partial charge in [-0.15, -0.1) is 0 Å². The highest BCUT2D eigenvalue weighted by Crippen LogP contribution is 2.39. The highest BCUT2D eigenvalue weighted by Gasteiger charge is 2.41. The first-order chi connectivity index (χ1) is 19.1. The number of benzene rings is 2. The molecule has 8 heteroatoms. The zero-order chi connectivity index (χ0) is 28.2. The summed E-state index contributed by atoms with van der Waals surface area (Å²) in [5.41, 5.74) is 3.12. The van der Waals surface area contributed by atoms with Gasteiger partial charge in [0.2, 0.25) is 0 Å². The van der Waals surface area contributed by atoms with E-state index in [1.165, 1.54) is 44.8 Å². The third-order valence-corrected chi connectivity index (χ3v) is 11.2. The second-order valence-corrected chi connectivity index (χ2v) is 14.5. The van der Waals surface area contributed by atoms with Gasteiger partial charge in [0.1, 0.15) is 11.6 Å². The maximum atomic E-state index is 15.5. The molecule has 40 heavy (non-hydrogen) atoms. The van der Waals surface area contributed by atoms with Crippen molar-refractivity contribution in [2.24, 2.45) is 7.05 Å². The number of fused-ring (bicyclic) bond motifs is 1. The molecule has 3 unspecified atom stereocenters. The first-order valence-corrected chi connectivity index (χ1v) is 17.0. The highest BCUT2D eigenvalue weighted by molar-refractivity contribution is 7.90. The van der Waals surface area contributed by atoms with Gasteiger partial charge >= 0.3 is 0 Å². The Kier molecular flexibility index (Phi) is 7.55. The lowest BCUT2D eigenvalue weighted by molar-refractivity contribution is -0.0296. The number of aryl methyl sites for hydroxylation is 1. The number of sulfone groups is 1. The van der Waals surface area contributed by atoms with Crippen molar-refractivity contribution in [2.75, 3.05) is 19.3 Å². The average Bonchev–Trinajstić information content (AvgIpc) is 3.23. The van der Waals surface area contributed by atoms with Gasteiger partial charge in [-0.2, -0.15) is 0 Å². The molecule has 0 radical (unpaired) electrons. The van der Waals surface area contributed by atoms with Gasteiger partial charge < -0.3 is 9.47 Å². The van der Waals surface area contributed by atoms with Gasteiger partial charge in [0.05, 0.1) is 15.9 Å². The van der Waals surface area contributed by atoms with Crippen LogP contribution in [0.3, 0.4) is 0 Å². The van der Waals surface area contributed by atoms with E-state index in [0.717, 1.165) is 54.1 Å². The van der Waals surface area contributed by atoms with Gasteiger partial charge in [-0.3, -0.25) is 4.90 Å². The summed E-state index contributed by atoms with van der Waals surface area (Å²) in [5, 5.41) is 0. The Balaban J connectivity index is 1.16. The fourth-order valence-corrected chi connectivity index (χ4v) is 8.28. The largest absolute Gasteiger partial charge is 0.327 e. The lowest BCUT2D eigenvalue weighted by Gasteiger charge is -2.53. The number of hydrogen-bond donors (Lipinski definition) is 0. The molecule has 6 rings (SSSR count). The quantitative estimate of drug-likeness (QED) is 0.358. The lowest BCUT2D eigenvalue weighted by atomic mass is 9.81. The summed E-state index contributed by atoms with van der Waals surface area (Å²) < 4.78 is 41.1. The van der Waals surface area contributed by atoms with E-state index >= 15 is 4.39 Å². The lowest BCUT2D eigenvalue weighted by Crippen LogP contribution is -2.59. The predicted octanol–water partition coefficient (Wildman–Crippen LogP) is 6.15. The Labute approximate surface area is 238 Å². The van der Waals surface area contributed by atoms with Crippen molar-refractivity contribution in [2.45, 2.75) is 100 Å². The number of imidazole rings is 1. The van der Waals surface area contributed by atoms with Crippen LogP contribution in [-0.2, 0) is 16.9 Å². The fraction of sp³-hybridized carbons (Fsp3) is 0.594. The van der Waals surface area contributed by atoms with E-state index in [4.69, 9.17) is 4.98 Å². The van der Waals surface area contributed by atoms with Crippen LogP contribution in [0.5, 0.6) is 0 Å². The zero-order valence-corrected chi connectivity index (χ0v) is 25.1. The minimum Gasteiger partial charge on any atom is -0.327 e. The van der Waals surface area contributed by atoms with Crippen molar-refractivity contribution in [1.29, 1.82) is 0 Å². The van der Waals surface area contributed by atoms with Crippen LogP contribution >= 0.6 is 0 Å². The molecule has 2 saturated heterocycles. The van der Waals surface area contributed by atoms with Crippen LogP contribution in [0.2, 0.25) is 0 Å². The summed E-state index contributed by atoms with van der Waals surface area (Å²) in [5.74, 6) is 0.755. The van der Waals surface area contributed by atoms with Gasteiger partial charge in [0.15, 0.2) is 9.84 Å². The van der Waals surface area contributed by atoms with Crippen LogP contribution < -0.4 is 0 Å². The van der Waals surface area contributed by atoms with E-state index in [9.17, 15) is 8.42 Å². The fourth-order valence-electron chi connectivity index (χ4n) is 7.65. The molecule has 0 amide bonds. The molecule has 2 aromatic carbocycles. The van der Waals surface area contributed by atoms with E-state index in [1.807, 2.05) is 17.7 Å². The first-order valence-electron chi connectivity index (χ1n) is 15.1. The number of likely N-dealkylation sites (tertiary alicyclic amines) is 2. The molecule has 6 nitrogen and oxygen atoms in total. The summed E-state index contributed by atoms with van der Waals surface area (Å²) in [6, 6.07) is 13.1. The second-order valence-electron chi connectivity index (χ2n) is 12.5. The highest BCUT2D eigenvalue weighted by atomic mass is 32.2. The average molecular weight is 567 g/mol. The van der Waals surface area contributed by atoms with Crippen LogP contribution in [0, 0.1) is 5.82 Å². The van der Waals surface area contributed by atoms with E-state index in [2.05, 4.69) is 23.6 Å². The van der Waals surface area contributed by atoms with Gasteiger partial charge in [0.25, 0.3) is 0 Å². The van der Waals surface area contributed by atoms with Crippen LogP contribution in [0.25, 0.3) is 22.4 Å². The first kappa shape index (κ1) is 27.9. The van der Waals surface area contributed by atoms with Gasteiger partial charge in [0, 0.05) is 49.1 Å². The number of piperidine rings is 2. The number of hydrogen-bond acceptors (Lipinski definition) is 5. The Bertz CT molecular complexity index is 1470. The van der Waals surface area contributed by atoms with Crippen LogP contribution in [0.15, 0.2) is 41.3 Å². The maximum Gasteiger partial charge on any atom is 0.175 e. The van der Waals surface area contributed by atoms with Crippen molar-refractivity contribution in [1.82, 2.24) is 19.4 Å². The molecule has 3 atom stereocenters. The third-order valence-electron chi connectivity index (χ3n) is 10.1. The molecular weight excluding hydrogens is 523 g/mol. The van der Waals surface area contributed by atoms with Crippen LogP contribution in [-0.4, -0.2) is 71.3 Å². The summed E-state index contributed by atoms with van der Waals surface area (Å²) in [7, 11) is -1.38. The molecule has 216 valence electrons. The molecule has 1 aromatic heterocycles. The van der Waals surface area contributed by atoms with Gasteiger partial charge in [-0.05, 0) is 107 Å². The predicted molar refractivity (Wildman–Crippen MR) is 159 cm³/mol. The molecule has 3 aromatic rings. The summed E-state index contributed by atoms with van der Waals surface area (Å²) >= 11 is 0. The summed E-state index contributed by atoms with van der Waals surface area (Å²) in [6.45, 7) is 6.84. The molecule has 0 bridgehead atoms. The Morgan fingerprint density at radius 2 is 1.70 bits per heavy atom. The van der Waals surface area contributed by atoms with Crippen molar-refractivity contribution >= 4 is 20.9 Å². The maximum absolute atomic E-state index is 15.5. The number of rotatable bonds is 6. The molecule has 1 aliphatic carbocycles. The summed E-state index contributed by atoms with van der Waals surface area (Å²) in [6.07, 6.45) is 11.0. The molecule has 2 aliphatic heterocycles. The van der Waals surface area contributed by atoms with E-state index in [1.54, 1.807) is 30.3 Å². The Morgan fingerprint density at radius 1 is 1.00 bits per heavy atom. The number of halogens is 1. The van der Waals surface area contributed by atoms with Gasteiger partial charge in [-0.25, -0.2) is 17.8 Å². The third kappa shape index (κ3) is 5.12. The molecule has 3 heterocycles. The normalized spacial score (nSPS) is 25.9. The minimum atomic E-state index is -3.27. The van der Waals surface area contributed by atoms with Crippen molar-refractivity contribution in [3.8, 4) is 11.4 Å². The van der Waals surface area contributed by atoms with E-state index in [0.29, 0.717) is 23.9 Å². The van der Waals surface area contributed by atoms with Crippen LogP contribution in [0.1, 0.15) is 76.7 Å². The molecule has 0 spiro atoms. The van der Waals surface area contributed by atoms with Crippen molar-refractivity contribution < 1.29 is 12.8 Å². The molecule has 1 saturated carbocycles. The number of aromatic nitrogens is 2. The summed E-state index contributed by atoms with van der Waals surface area (Å²) in [4.78, 5) is 10.7. The Morgan fingerprint density at radius 3 is 2.30 bits per heavy atom. The Hall–Kier alpha value is -2.29. The second kappa shape index (κ2) is 10.8. The SMILES string of the molecule is CCC1CC(N2CCC(c3cc4nc(-c5ccc(S(C)(=O)=O)cc5)n(C)c4cc3F)CC2)CC(C)N1C1CCC1. The van der Waals surface area contributed by atoms with E-state index in [-0.39, 0.29) is 16.6 Å². The van der Waals surface area contributed by atoms with E-state index < -0.39 is 9.84 Å². The molecule has 3 aliphatic rings. The van der Waals surface area contributed by atoms with Crippen LogP contribution in [0.4, 0.5) is 4.39 Å². The van der Waals surface area contributed by atoms with Gasteiger partial charge in [-0.1, -0.05) is 13.3 Å². The van der Waals surface area contributed by atoms with Crippen molar-refractivity contribution in [3.63, 3.8) is 0 Å². The smallest absolute Gasteiger partial charge is 0.175 e. The standard InChI is InChI=1S/C32H43FN4O2S/c1-5-24-18-26(17-21(2)37(24)25-7-6-8-25)36-15-13-22(14-16-36)28-19-30-31(20-29(28)33)35(3)32(34-30)23-9-11-27(12-10-23)40(4,38)39/h9-12,19-22,24-26H,5-8,13-18H2,1-4H3. The minimum absolute atomic E-state index is 0.151. The monoisotopic (exact) mass is 566 g/mol.